The van der Waals surface area contributed by atoms with E-state index in [0.717, 1.165) is 28.1 Å². The van der Waals surface area contributed by atoms with Crippen molar-refractivity contribution < 1.29 is 4.74 Å². The Hall–Kier alpha value is -2.28. The third-order valence-electron chi connectivity index (χ3n) is 3.69. The van der Waals surface area contributed by atoms with E-state index in [0.29, 0.717) is 5.82 Å². The minimum Gasteiger partial charge on any atom is -0.496 e. The van der Waals surface area contributed by atoms with Gasteiger partial charge in [-0.3, -0.25) is 0 Å². The quantitative estimate of drug-likeness (QED) is 0.927. The number of methoxy groups -OCH3 is 1. The van der Waals surface area contributed by atoms with Crippen LogP contribution in [0.4, 0.5) is 0 Å². The molecule has 0 saturated heterocycles. The average Bonchev–Trinajstić information content (AvgIpc) is 2.92. The van der Waals surface area contributed by atoms with Crippen LogP contribution >= 0.6 is 0 Å². The maximum Gasteiger partial charge on any atom is 0.126 e. The van der Waals surface area contributed by atoms with Gasteiger partial charge in [0.05, 0.1) is 25.1 Å². The SMILES string of the molecule is COc1ccc(-c2cnc(C(C)(C)C#N)[nH]2)c(C)c1C. The van der Waals surface area contributed by atoms with Crippen molar-refractivity contribution in [1.29, 1.82) is 5.26 Å². The van der Waals surface area contributed by atoms with Crippen LogP contribution in [-0.4, -0.2) is 17.1 Å². The van der Waals surface area contributed by atoms with E-state index in [4.69, 9.17) is 10.00 Å². The molecule has 2 rings (SSSR count). The van der Waals surface area contributed by atoms with Gasteiger partial charge in [-0.2, -0.15) is 5.26 Å². The number of imidazole rings is 1. The number of benzene rings is 1. The Labute approximate surface area is 119 Å². The van der Waals surface area contributed by atoms with Gasteiger partial charge < -0.3 is 9.72 Å². The molecule has 1 N–H and O–H groups in total. The highest BCUT2D eigenvalue weighted by molar-refractivity contribution is 5.67. The summed E-state index contributed by atoms with van der Waals surface area (Å²) in [5.41, 5.74) is 3.64. The maximum atomic E-state index is 9.17. The molecule has 2 aromatic rings. The molecule has 0 aliphatic rings. The van der Waals surface area contributed by atoms with E-state index in [2.05, 4.69) is 23.0 Å². The predicted molar refractivity (Wildman–Crippen MR) is 78.7 cm³/mol. The first kappa shape index (κ1) is 14.1. The number of ether oxygens (including phenoxy) is 1. The van der Waals surface area contributed by atoms with Gasteiger partial charge in [-0.1, -0.05) is 0 Å². The molecule has 0 aliphatic heterocycles. The van der Waals surface area contributed by atoms with Gasteiger partial charge in [-0.25, -0.2) is 4.98 Å². The zero-order chi connectivity index (χ0) is 14.9. The van der Waals surface area contributed by atoms with Crippen molar-refractivity contribution in [2.24, 2.45) is 0 Å². The second-order valence-corrected chi connectivity index (χ2v) is 5.45. The molecule has 20 heavy (non-hydrogen) atoms. The van der Waals surface area contributed by atoms with Gasteiger partial charge in [0.1, 0.15) is 17.0 Å². The Morgan fingerprint density at radius 1 is 1.25 bits per heavy atom. The van der Waals surface area contributed by atoms with Crippen LogP contribution in [0.5, 0.6) is 5.75 Å². The first-order valence-electron chi connectivity index (χ1n) is 6.52. The number of hydrogen-bond donors (Lipinski definition) is 1. The number of hydrogen-bond acceptors (Lipinski definition) is 3. The molecule has 1 aromatic heterocycles. The number of aromatic nitrogens is 2. The molecular formula is C16H19N3O. The molecular weight excluding hydrogens is 250 g/mol. The lowest BCUT2D eigenvalue weighted by Crippen LogP contribution is -2.15. The summed E-state index contributed by atoms with van der Waals surface area (Å²) in [6.45, 7) is 7.79. The zero-order valence-electron chi connectivity index (χ0n) is 12.5. The maximum absolute atomic E-state index is 9.17. The van der Waals surface area contributed by atoms with Gasteiger partial charge in [0.25, 0.3) is 0 Å². The summed E-state index contributed by atoms with van der Waals surface area (Å²) in [5.74, 6) is 1.56. The number of H-pyrrole nitrogens is 1. The predicted octanol–water partition coefficient (Wildman–Crippen LogP) is 3.50. The smallest absolute Gasteiger partial charge is 0.126 e. The lowest BCUT2D eigenvalue weighted by molar-refractivity contribution is 0.411. The third-order valence-corrected chi connectivity index (χ3v) is 3.69. The standard InChI is InChI=1S/C16H19N3O/c1-10-11(2)14(20-5)7-6-12(10)13-8-18-15(19-13)16(3,4)9-17/h6-8H,1-5H3,(H,18,19). The van der Waals surface area contributed by atoms with E-state index >= 15 is 0 Å². The van der Waals surface area contributed by atoms with Crippen LogP contribution in [0.1, 0.15) is 30.8 Å². The molecule has 0 radical (unpaired) electrons. The van der Waals surface area contributed by atoms with Gasteiger partial charge in [-0.05, 0) is 51.0 Å². The Morgan fingerprint density at radius 2 is 1.95 bits per heavy atom. The zero-order valence-corrected chi connectivity index (χ0v) is 12.5. The van der Waals surface area contributed by atoms with Crippen molar-refractivity contribution in [3.05, 3.63) is 35.3 Å². The van der Waals surface area contributed by atoms with Crippen LogP contribution < -0.4 is 4.74 Å². The molecule has 0 atom stereocenters. The fourth-order valence-corrected chi connectivity index (χ4v) is 2.14. The summed E-state index contributed by atoms with van der Waals surface area (Å²) >= 11 is 0. The highest BCUT2D eigenvalue weighted by atomic mass is 16.5. The van der Waals surface area contributed by atoms with E-state index in [1.54, 1.807) is 13.3 Å². The van der Waals surface area contributed by atoms with Crippen molar-refractivity contribution in [2.45, 2.75) is 33.1 Å². The minimum atomic E-state index is -0.617. The molecule has 0 unspecified atom stereocenters. The molecule has 4 nitrogen and oxygen atoms in total. The Morgan fingerprint density at radius 3 is 2.55 bits per heavy atom. The fourth-order valence-electron chi connectivity index (χ4n) is 2.14. The number of nitriles is 1. The van der Waals surface area contributed by atoms with Crippen molar-refractivity contribution in [3.63, 3.8) is 0 Å². The number of aromatic amines is 1. The van der Waals surface area contributed by atoms with Crippen LogP contribution in [0.2, 0.25) is 0 Å². The Kier molecular flexibility index (Phi) is 3.54. The van der Waals surface area contributed by atoms with Crippen LogP contribution in [0.25, 0.3) is 11.3 Å². The second kappa shape index (κ2) is 5.01. The summed E-state index contributed by atoms with van der Waals surface area (Å²) in [7, 11) is 1.67. The van der Waals surface area contributed by atoms with Crippen LogP contribution in [0.15, 0.2) is 18.3 Å². The monoisotopic (exact) mass is 269 g/mol. The Balaban J connectivity index is 2.49. The van der Waals surface area contributed by atoms with Crippen molar-refractivity contribution >= 4 is 0 Å². The first-order valence-corrected chi connectivity index (χ1v) is 6.52. The van der Waals surface area contributed by atoms with E-state index in [-0.39, 0.29) is 0 Å². The summed E-state index contributed by atoms with van der Waals surface area (Å²) in [6.07, 6.45) is 1.78. The first-order chi connectivity index (χ1) is 9.40. The van der Waals surface area contributed by atoms with Crippen molar-refractivity contribution in [1.82, 2.24) is 9.97 Å². The molecule has 4 heteroatoms. The van der Waals surface area contributed by atoms with E-state index in [9.17, 15) is 0 Å². The summed E-state index contributed by atoms with van der Waals surface area (Å²) in [4.78, 5) is 7.59. The molecule has 0 amide bonds. The summed E-state index contributed by atoms with van der Waals surface area (Å²) in [5, 5.41) is 9.17. The van der Waals surface area contributed by atoms with Gasteiger partial charge in [-0.15, -0.1) is 0 Å². The third kappa shape index (κ3) is 2.27. The van der Waals surface area contributed by atoms with E-state index < -0.39 is 5.41 Å². The van der Waals surface area contributed by atoms with Crippen LogP contribution in [0.3, 0.4) is 0 Å². The van der Waals surface area contributed by atoms with Crippen molar-refractivity contribution in [3.8, 4) is 23.1 Å². The van der Waals surface area contributed by atoms with Gasteiger partial charge in [0.15, 0.2) is 0 Å². The molecule has 0 fully saturated rings. The average molecular weight is 269 g/mol. The molecule has 1 heterocycles. The van der Waals surface area contributed by atoms with Crippen molar-refractivity contribution in [2.75, 3.05) is 7.11 Å². The largest absolute Gasteiger partial charge is 0.496 e. The molecule has 104 valence electrons. The molecule has 0 bridgehead atoms. The second-order valence-electron chi connectivity index (χ2n) is 5.45. The molecule has 0 saturated carbocycles. The van der Waals surface area contributed by atoms with E-state index in [1.807, 2.05) is 32.9 Å². The highest BCUT2D eigenvalue weighted by Crippen LogP contribution is 2.31. The van der Waals surface area contributed by atoms with Gasteiger partial charge in [0, 0.05) is 5.56 Å². The topological polar surface area (TPSA) is 61.7 Å². The van der Waals surface area contributed by atoms with Gasteiger partial charge >= 0.3 is 0 Å². The molecule has 0 aliphatic carbocycles. The Bertz CT molecular complexity index is 678. The fraction of sp³-hybridized carbons (Fsp3) is 0.375. The van der Waals surface area contributed by atoms with Crippen LogP contribution in [0, 0.1) is 25.2 Å². The minimum absolute atomic E-state index is 0.617. The molecule has 0 spiro atoms. The lowest BCUT2D eigenvalue weighted by atomic mass is 9.95. The highest BCUT2D eigenvalue weighted by Gasteiger charge is 2.24. The number of rotatable bonds is 3. The molecule has 1 aromatic carbocycles. The van der Waals surface area contributed by atoms with Crippen LogP contribution in [-0.2, 0) is 5.41 Å². The summed E-state index contributed by atoms with van der Waals surface area (Å²) in [6, 6.07) is 6.22. The number of nitrogens with one attached hydrogen (secondary N) is 1. The number of nitrogens with zero attached hydrogens (tertiary/aromatic N) is 2. The lowest BCUT2D eigenvalue weighted by Gasteiger charge is -2.13. The van der Waals surface area contributed by atoms with E-state index in [1.165, 1.54) is 0 Å². The summed E-state index contributed by atoms with van der Waals surface area (Å²) < 4.78 is 5.32. The normalized spacial score (nSPS) is 11.2. The van der Waals surface area contributed by atoms with Gasteiger partial charge in [0.2, 0.25) is 0 Å².